The Morgan fingerprint density at radius 3 is 2.56 bits per heavy atom. The van der Waals surface area contributed by atoms with Crippen molar-refractivity contribution in [3.8, 4) is 11.4 Å². The fourth-order valence-electron chi connectivity index (χ4n) is 2.30. The Balaban J connectivity index is 1.62. The molecule has 0 aliphatic heterocycles. The molecule has 0 amide bonds. The summed E-state index contributed by atoms with van der Waals surface area (Å²) in [5, 5.41) is 7.36. The van der Waals surface area contributed by atoms with E-state index in [2.05, 4.69) is 10.4 Å². The van der Waals surface area contributed by atoms with Crippen molar-refractivity contribution in [1.29, 1.82) is 0 Å². The van der Waals surface area contributed by atoms with Gasteiger partial charge < -0.3 is 10.1 Å². The van der Waals surface area contributed by atoms with Crippen LogP contribution in [-0.2, 0) is 0 Å². The summed E-state index contributed by atoms with van der Waals surface area (Å²) < 4.78 is 6.91. The second-order valence-electron chi connectivity index (χ2n) is 5.51. The third kappa shape index (κ3) is 4.19. The zero-order valence-corrected chi connectivity index (χ0v) is 14.5. The van der Waals surface area contributed by atoms with Gasteiger partial charge in [-0.2, -0.15) is 9.78 Å². The standard InChI is InChI=1S/C19H18ClN3O2/c1-14-7-9-16(10-8-14)25-12-11-21-17-13-22-23(19(24)18(17)20)15-5-3-2-4-6-15/h2-10,13,21H,11-12H2,1H3. The van der Waals surface area contributed by atoms with Crippen LogP contribution in [0.25, 0.3) is 5.69 Å². The Bertz CT molecular complexity index is 893. The number of aryl methyl sites for hydroxylation is 1. The van der Waals surface area contributed by atoms with E-state index in [1.54, 1.807) is 18.3 Å². The average Bonchev–Trinajstić information content (AvgIpc) is 2.64. The van der Waals surface area contributed by atoms with Crippen LogP contribution >= 0.6 is 11.6 Å². The number of hydrogen-bond acceptors (Lipinski definition) is 4. The van der Waals surface area contributed by atoms with Gasteiger partial charge in [0.15, 0.2) is 0 Å². The number of anilines is 1. The van der Waals surface area contributed by atoms with Crippen molar-refractivity contribution >= 4 is 17.3 Å². The minimum Gasteiger partial charge on any atom is -0.492 e. The average molecular weight is 356 g/mol. The highest BCUT2D eigenvalue weighted by Crippen LogP contribution is 2.16. The summed E-state index contributed by atoms with van der Waals surface area (Å²) in [6, 6.07) is 17.0. The number of ether oxygens (including phenoxy) is 1. The molecule has 0 fully saturated rings. The number of rotatable bonds is 6. The predicted octanol–water partition coefficient (Wildman–Crippen LogP) is 3.69. The number of nitrogens with one attached hydrogen (secondary N) is 1. The zero-order chi connectivity index (χ0) is 17.6. The lowest BCUT2D eigenvalue weighted by molar-refractivity contribution is 0.333. The largest absolute Gasteiger partial charge is 0.492 e. The van der Waals surface area contributed by atoms with Crippen LogP contribution in [0.15, 0.2) is 65.6 Å². The minimum absolute atomic E-state index is 0.106. The highest BCUT2D eigenvalue weighted by molar-refractivity contribution is 6.32. The number of benzene rings is 2. The first kappa shape index (κ1) is 17.0. The van der Waals surface area contributed by atoms with Gasteiger partial charge in [-0.25, -0.2) is 0 Å². The van der Waals surface area contributed by atoms with Crippen molar-refractivity contribution in [2.45, 2.75) is 6.92 Å². The molecule has 0 radical (unpaired) electrons. The predicted molar refractivity (Wildman–Crippen MR) is 100 cm³/mol. The van der Waals surface area contributed by atoms with Crippen molar-refractivity contribution < 1.29 is 4.74 Å². The summed E-state index contributed by atoms with van der Waals surface area (Å²) >= 11 is 6.18. The van der Waals surface area contributed by atoms with Crippen LogP contribution in [0, 0.1) is 6.92 Å². The summed E-state index contributed by atoms with van der Waals surface area (Å²) in [7, 11) is 0. The molecule has 25 heavy (non-hydrogen) atoms. The summed E-state index contributed by atoms with van der Waals surface area (Å²) in [6.45, 7) is 2.98. The molecule has 0 unspecified atom stereocenters. The molecule has 6 heteroatoms. The quantitative estimate of drug-likeness (QED) is 0.685. The molecule has 0 saturated heterocycles. The maximum Gasteiger partial charge on any atom is 0.292 e. The smallest absolute Gasteiger partial charge is 0.292 e. The molecule has 128 valence electrons. The van der Waals surface area contributed by atoms with Gasteiger partial charge in [-0.1, -0.05) is 47.5 Å². The normalized spacial score (nSPS) is 10.5. The number of nitrogens with zero attached hydrogens (tertiary/aromatic N) is 2. The second-order valence-corrected chi connectivity index (χ2v) is 5.89. The second kappa shape index (κ2) is 7.85. The molecule has 3 aromatic rings. The van der Waals surface area contributed by atoms with Crippen molar-refractivity contribution in [2.75, 3.05) is 18.5 Å². The molecule has 1 N–H and O–H groups in total. The Kier molecular flexibility index (Phi) is 5.36. The van der Waals surface area contributed by atoms with Gasteiger partial charge in [-0.3, -0.25) is 4.79 Å². The molecule has 0 aliphatic rings. The molecular weight excluding hydrogens is 338 g/mol. The van der Waals surface area contributed by atoms with E-state index in [1.807, 2.05) is 49.4 Å². The summed E-state index contributed by atoms with van der Waals surface area (Å²) in [6.07, 6.45) is 1.54. The van der Waals surface area contributed by atoms with E-state index >= 15 is 0 Å². The lowest BCUT2D eigenvalue weighted by Gasteiger charge is -2.11. The Morgan fingerprint density at radius 1 is 1.12 bits per heavy atom. The topological polar surface area (TPSA) is 56.1 Å². The van der Waals surface area contributed by atoms with Gasteiger partial charge in [0.2, 0.25) is 0 Å². The van der Waals surface area contributed by atoms with Gasteiger partial charge >= 0.3 is 0 Å². The molecule has 2 aromatic carbocycles. The van der Waals surface area contributed by atoms with E-state index in [0.717, 1.165) is 5.75 Å². The molecule has 0 spiro atoms. The first-order chi connectivity index (χ1) is 12.1. The first-order valence-electron chi connectivity index (χ1n) is 7.92. The van der Waals surface area contributed by atoms with Crippen LogP contribution < -0.4 is 15.6 Å². The van der Waals surface area contributed by atoms with E-state index in [1.165, 1.54) is 10.2 Å². The summed E-state index contributed by atoms with van der Waals surface area (Å²) in [5.74, 6) is 0.802. The van der Waals surface area contributed by atoms with E-state index in [4.69, 9.17) is 16.3 Å². The molecular formula is C19H18ClN3O2. The Hall–Kier alpha value is -2.79. The highest BCUT2D eigenvalue weighted by Gasteiger charge is 2.10. The molecule has 0 bridgehead atoms. The van der Waals surface area contributed by atoms with Crippen molar-refractivity contribution in [2.24, 2.45) is 0 Å². The van der Waals surface area contributed by atoms with Crippen LogP contribution in [0.3, 0.4) is 0 Å². The van der Waals surface area contributed by atoms with Crippen LogP contribution in [0.4, 0.5) is 5.69 Å². The number of hydrogen-bond donors (Lipinski definition) is 1. The van der Waals surface area contributed by atoms with Gasteiger partial charge in [-0.15, -0.1) is 0 Å². The lowest BCUT2D eigenvalue weighted by atomic mass is 10.2. The molecule has 3 rings (SSSR count). The molecule has 0 atom stereocenters. The van der Waals surface area contributed by atoms with Crippen LogP contribution in [0.2, 0.25) is 5.02 Å². The van der Waals surface area contributed by atoms with Crippen molar-refractivity contribution in [3.05, 3.63) is 81.7 Å². The number of halogens is 1. The lowest BCUT2D eigenvalue weighted by Crippen LogP contribution is -2.23. The first-order valence-corrected chi connectivity index (χ1v) is 8.29. The van der Waals surface area contributed by atoms with Gasteiger partial charge in [0.1, 0.15) is 17.4 Å². The monoisotopic (exact) mass is 355 g/mol. The third-order valence-corrected chi connectivity index (χ3v) is 3.99. The van der Waals surface area contributed by atoms with Gasteiger partial charge in [-0.05, 0) is 31.2 Å². The fraction of sp³-hybridized carbons (Fsp3) is 0.158. The summed E-state index contributed by atoms with van der Waals surface area (Å²) in [5.41, 5.74) is 1.98. The molecule has 0 aliphatic carbocycles. The minimum atomic E-state index is -0.364. The molecule has 1 aromatic heterocycles. The van der Waals surface area contributed by atoms with Crippen LogP contribution in [0.5, 0.6) is 5.75 Å². The highest BCUT2D eigenvalue weighted by atomic mass is 35.5. The maximum atomic E-state index is 12.4. The zero-order valence-electron chi connectivity index (χ0n) is 13.8. The molecule has 5 nitrogen and oxygen atoms in total. The Labute approximate surface area is 150 Å². The number of aromatic nitrogens is 2. The van der Waals surface area contributed by atoms with Crippen LogP contribution in [-0.4, -0.2) is 22.9 Å². The molecule has 1 heterocycles. The van der Waals surface area contributed by atoms with Gasteiger partial charge in [0, 0.05) is 6.54 Å². The maximum absolute atomic E-state index is 12.4. The van der Waals surface area contributed by atoms with Gasteiger partial charge in [0.25, 0.3) is 5.56 Å². The van der Waals surface area contributed by atoms with Crippen molar-refractivity contribution in [3.63, 3.8) is 0 Å². The van der Waals surface area contributed by atoms with E-state index in [9.17, 15) is 4.79 Å². The fourth-order valence-corrected chi connectivity index (χ4v) is 2.49. The van der Waals surface area contributed by atoms with E-state index < -0.39 is 0 Å². The van der Waals surface area contributed by atoms with Crippen LogP contribution in [0.1, 0.15) is 5.56 Å². The van der Waals surface area contributed by atoms with Crippen molar-refractivity contribution in [1.82, 2.24) is 9.78 Å². The van der Waals surface area contributed by atoms with Gasteiger partial charge in [0.05, 0.1) is 17.6 Å². The Morgan fingerprint density at radius 2 is 1.84 bits per heavy atom. The molecule has 0 saturated carbocycles. The summed E-state index contributed by atoms with van der Waals surface area (Å²) in [4.78, 5) is 12.4. The SMILES string of the molecule is Cc1ccc(OCCNc2cnn(-c3ccccc3)c(=O)c2Cl)cc1. The van der Waals surface area contributed by atoms with E-state index in [0.29, 0.717) is 24.5 Å². The third-order valence-electron chi connectivity index (χ3n) is 3.63. The number of para-hydroxylation sites is 1. The van der Waals surface area contributed by atoms with E-state index in [-0.39, 0.29) is 10.6 Å².